The van der Waals surface area contributed by atoms with Crippen LogP contribution in [-0.2, 0) is 16.1 Å². The number of aromatic amines is 1. The van der Waals surface area contributed by atoms with Crippen molar-refractivity contribution in [2.75, 3.05) is 36.9 Å². The van der Waals surface area contributed by atoms with Crippen molar-refractivity contribution in [1.82, 2.24) is 40.3 Å². The average molecular weight is 743 g/mol. The van der Waals surface area contributed by atoms with Gasteiger partial charge >= 0.3 is 0 Å². The third-order valence-electron chi connectivity index (χ3n) is 11.2. The number of hydrogen-bond donors (Lipinski definition) is 4. The average Bonchev–Trinajstić information content (AvgIpc) is 3.96. The standard InChI is InChI=1S/C41H46N10O4/c1-49-17-4-7-35(49)34-21-29-23-42-36(22-33(29)44-34)47-39(53)28-11-9-27(10-12-28)30-24-43-51(25-30)18-3-5-26-15-19-50(20-16-26)37-8-2-6-31(45-37)40(54)46-32-13-14-38(52)48-41(32)55/h2,6,8-12,21-26,32,35,44H,3-5,7,13-20H2,1H3,(H,46,54)(H,42,47,53)(H,48,52,55)/t32-,35+/m0/s1. The molecular weight excluding hydrogens is 697 g/mol. The molecule has 4 amide bonds. The van der Waals surface area contributed by atoms with Gasteiger partial charge in [-0.1, -0.05) is 18.2 Å². The minimum Gasteiger partial charge on any atom is -0.357 e. The maximum Gasteiger partial charge on any atom is 0.270 e. The molecule has 8 rings (SSSR count). The molecule has 5 aromatic rings. The molecule has 3 saturated heterocycles. The minimum atomic E-state index is -0.736. The quantitative estimate of drug-likeness (QED) is 0.135. The summed E-state index contributed by atoms with van der Waals surface area (Å²) in [4.78, 5) is 66.6. The fraction of sp³-hybridized carbons (Fsp3) is 0.390. The molecule has 0 unspecified atom stereocenters. The van der Waals surface area contributed by atoms with Gasteiger partial charge in [0, 0.05) is 72.8 Å². The van der Waals surface area contributed by atoms with Gasteiger partial charge in [0.15, 0.2) is 0 Å². The highest BCUT2D eigenvalue weighted by Gasteiger charge is 2.29. The minimum absolute atomic E-state index is 0.200. The fourth-order valence-electron chi connectivity index (χ4n) is 8.02. The third kappa shape index (κ3) is 8.29. The molecule has 0 saturated carbocycles. The van der Waals surface area contributed by atoms with E-state index in [1.165, 1.54) is 12.1 Å². The number of nitrogens with one attached hydrogen (secondary N) is 4. The van der Waals surface area contributed by atoms with E-state index in [4.69, 9.17) is 0 Å². The van der Waals surface area contributed by atoms with Crippen LogP contribution in [0.1, 0.15) is 83.9 Å². The molecule has 14 nitrogen and oxygen atoms in total. The van der Waals surface area contributed by atoms with Crippen molar-refractivity contribution >= 4 is 46.2 Å². The summed E-state index contributed by atoms with van der Waals surface area (Å²) in [5.41, 5.74) is 4.97. The van der Waals surface area contributed by atoms with Crippen LogP contribution in [0.4, 0.5) is 11.6 Å². The molecule has 3 aliphatic heterocycles. The zero-order valence-corrected chi connectivity index (χ0v) is 31.0. The van der Waals surface area contributed by atoms with Crippen molar-refractivity contribution in [2.24, 2.45) is 5.92 Å². The highest BCUT2D eigenvalue weighted by Crippen LogP contribution is 2.32. The van der Waals surface area contributed by atoms with E-state index < -0.39 is 17.9 Å². The summed E-state index contributed by atoms with van der Waals surface area (Å²) in [6.45, 7) is 3.63. The third-order valence-corrected chi connectivity index (χ3v) is 11.2. The smallest absolute Gasteiger partial charge is 0.270 e. The van der Waals surface area contributed by atoms with Crippen LogP contribution < -0.4 is 20.9 Å². The number of amides is 4. The second-order valence-electron chi connectivity index (χ2n) is 15.0. The Hall–Kier alpha value is -5.89. The Labute approximate surface area is 319 Å². The summed E-state index contributed by atoms with van der Waals surface area (Å²) in [7, 11) is 2.16. The first-order valence-electron chi connectivity index (χ1n) is 19.3. The second kappa shape index (κ2) is 15.8. The Morgan fingerprint density at radius 3 is 2.55 bits per heavy atom. The molecule has 0 radical (unpaired) electrons. The van der Waals surface area contributed by atoms with E-state index in [1.54, 1.807) is 6.07 Å². The first kappa shape index (κ1) is 36.1. The van der Waals surface area contributed by atoms with Crippen LogP contribution in [0, 0.1) is 5.92 Å². The number of hydrogen-bond acceptors (Lipinski definition) is 9. The fourth-order valence-corrected chi connectivity index (χ4v) is 8.02. The van der Waals surface area contributed by atoms with Gasteiger partial charge in [-0.05, 0) is 100 Å². The lowest BCUT2D eigenvalue weighted by Gasteiger charge is -2.33. The van der Waals surface area contributed by atoms with E-state index in [9.17, 15) is 19.2 Å². The summed E-state index contributed by atoms with van der Waals surface area (Å²) in [6.07, 6.45) is 12.7. The van der Waals surface area contributed by atoms with E-state index in [1.807, 2.05) is 59.5 Å². The van der Waals surface area contributed by atoms with Gasteiger partial charge < -0.3 is 20.5 Å². The van der Waals surface area contributed by atoms with Crippen LogP contribution in [0.3, 0.4) is 0 Å². The SMILES string of the molecule is CN1CCC[C@@H]1c1cc2cnc(NC(=O)c3ccc(-c4cnn(CCCC5CCN(c6cccc(C(=O)N[C@H]7CCC(=O)NC7=O)n6)CC5)c4)cc3)cc2[nH]1. The van der Waals surface area contributed by atoms with E-state index in [2.05, 4.69) is 65.1 Å². The van der Waals surface area contributed by atoms with Crippen molar-refractivity contribution in [1.29, 1.82) is 0 Å². The van der Waals surface area contributed by atoms with Gasteiger partial charge in [0.2, 0.25) is 11.8 Å². The predicted molar refractivity (Wildman–Crippen MR) is 208 cm³/mol. The van der Waals surface area contributed by atoms with Crippen molar-refractivity contribution in [3.05, 3.63) is 90.1 Å². The Balaban J connectivity index is 0.780. The largest absolute Gasteiger partial charge is 0.357 e. The molecular formula is C41H46N10O4. The van der Waals surface area contributed by atoms with Crippen molar-refractivity contribution < 1.29 is 19.2 Å². The van der Waals surface area contributed by atoms with Crippen LogP contribution in [0.15, 0.2) is 73.2 Å². The van der Waals surface area contributed by atoms with Crippen molar-refractivity contribution in [3.8, 4) is 11.1 Å². The Morgan fingerprint density at radius 2 is 1.76 bits per heavy atom. The Bertz CT molecular complexity index is 2200. The summed E-state index contributed by atoms with van der Waals surface area (Å²) < 4.78 is 1.99. The maximum absolute atomic E-state index is 13.1. The van der Waals surface area contributed by atoms with Gasteiger partial charge in [-0.25, -0.2) is 9.97 Å². The number of carbonyl (C=O) groups is 4. The number of aryl methyl sites for hydroxylation is 1. The molecule has 7 heterocycles. The Kier molecular flexibility index (Phi) is 10.4. The molecule has 3 aliphatic rings. The molecule has 55 heavy (non-hydrogen) atoms. The normalized spacial score (nSPS) is 19.5. The monoisotopic (exact) mass is 742 g/mol. The zero-order valence-electron chi connectivity index (χ0n) is 31.0. The topological polar surface area (TPSA) is 170 Å². The number of pyridine rings is 2. The number of anilines is 2. The Morgan fingerprint density at radius 1 is 0.927 bits per heavy atom. The first-order valence-corrected chi connectivity index (χ1v) is 19.3. The van der Waals surface area contributed by atoms with Crippen LogP contribution in [0.2, 0.25) is 0 Å². The molecule has 14 heteroatoms. The van der Waals surface area contributed by atoms with Gasteiger partial charge in [-0.2, -0.15) is 5.10 Å². The molecule has 0 bridgehead atoms. The number of likely N-dealkylation sites (tertiary alicyclic amines) is 1. The lowest BCUT2D eigenvalue weighted by Crippen LogP contribution is -2.52. The molecule has 1 aromatic carbocycles. The van der Waals surface area contributed by atoms with Gasteiger partial charge in [0.1, 0.15) is 23.4 Å². The predicted octanol–water partition coefficient (Wildman–Crippen LogP) is 5.07. The van der Waals surface area contributed by atoms with Crippen LogP contribution in [0.5, 0.6) is 0 Å². The van der Waals surface area contributed by atoms with Gasteiger partial charge in [-0.3, -0.25) is 34.1 Å². The molecule has 4 N–H and O–H groups in total. The van der Waals surface area contributed by atoms with Crippen LogP contribution in [0.25, 0.3) is 22.0 Å². The molecule has 2 atom stereocenters. The lowest BCUT2D eigenvalue weighted by molar-refractivity contribution is -0.134. The number of carbonyl (C=O) groups excluding carboxylic acids is 4. The molecule has 4 aromatic heterocycles. The number of fused-ring (bicyclic) bond motifs is 1. The maximum atomic E-state index is 13.1. The summed E-state index contributed by atoms with van der Waals surface area (Å²) in [5, 5.41) is 13.6. The number of rotatable bonds is 11. The number of imide groups is 1. The van der Waals surface area contributed by atoms with E-state index >= 15 is 0 Å². The van der Waals surface area contributed by atoms with Crippen LogP contribution >= 0.6 is 0 Å². The van der Waals surface area contributed by atoms with Crippen molar-refractivity contribution in [3.63, 3.8) is 0 Å². The van der Waals surface area contributed by atoms with Gasteiger partial charge in [-0.15, -0.1) is 0 Å². The van der Waals surface area contributed by atoms with Gasteiger partial charge in [0.25, 0.3) is 11.8 Å². The number of piperidine rings is 2. The molecule has 3 fully saturated rings. The summed E-state index contributed by atoms with van der Waals surface area (Å²) in [6, 6.07) is 16.6. The number of benzene rings is 1. The van der Waals surface area contributed by atoms with Crippen molar-refractivity contribution in [2.45, 2.75) is 70.0 Å². The number of H-pyrrole nitrogens is 1. The van der Waals surface area contributed by atoms with E-state index in [-0.39, 0.29) is 30.3 Å². The van der Waals surface area contributed by atoms with E-state index in [0.29, 0.717) is 23.3 Å². The first-order chi connectivity index (χ1) is 26.8. The second-order valence-corrected chi connectivity index (χ2v) is 15.0. The molecule has 284 valence electrons. The van der Waals surface area contributed by atoms with Gasteiger partial charge in [0.05, 0.1) is 11.7 Å². The highest BCUT2D eigenvalue weighted by molar-refractivity contribution is 6.05. The summed E-state index contributed by atoms with van der Waals surface area (Å²) in [5.74, 6) is 0.429. The highest BCUT2D eigenvalue weighted by atomic mass is 16.2. The molecule has 0 aliphatic carbocycles. The van der Waals surface area contributed by atoms with E-state index in [0.717, 1.165) is 86.1 Å². The molecule has 0 spiro atoms. The lowest BCUT2D eigenvalue weighted by atomic mass is 9.92. The zero-order chi connectivity index (χ0) is 37.9. The summed E-state index contributed by atoms with van der Waals surface area (Å²) >= 11 is 0. The number of nitrogens with zero attached hydrogens (tertiary/aromatic N) is 6. The van der Waals surface area contributed by atoms with Crippen LogP contribution in [-0.4, -0.2) is 86.0 Å². The number of aromatic nitrogens is 5.